The van der Waals surface area contributed by atoms with Gasteiger partial charge in [0.05, 0.1) is 10.6 Å². The highest BCUT2D eigenvalue weighted by molar-refractivity contribution is 8.13. The van der Waals surface area contributed by atoms with E-state index in [0.717, 1.165) is 0 Å². The predicted octanol–water partition coefficient (Wildman–Crippen LogP) is 2.68. The maximum Gasteiger partial charge on any atom is 0.265 e. The first-order valence-electron chi connectivity index (χ1n) is 4.98. The van der Waals surface area contributed by atoms with Crippen LogP contribution >= 0.6 is 22.3 Å². The van der Waals surface area contributed by atoms with Crippen LogP contribution in [-0.2, 0) is 9.05 Å². The third kappa shape index (κ3) is 3.55. The molecule has 1 aromatic rings. The van der Waals surface area contributed by atoms with Gasteiger partial charge >= 0.3 is 0 Å². The van der Waals surface area contributed by atoms with Crippen LogP contribution in [0.2, 0.25) is 5.02 Å². The molecule has 0 bridgehead atoms. The summed E-state index contributed by atoms with van der Waals surface area (Å²) < 4.78 is 49.1. The maximum atomic E-state index is 13.4. The molecule has 1 aromatic carbocycles. The first-order valence-corrected chi connectivity index (χ1v) is 7.67. The summed E-state index contributed by atoms with van der Waals surface area (Å²) in [5.41, 5.74) is -0.506. The van der Waals surface area contributed by atoms with Crippen molar-refractivity contribution in [1.29, 1.82) is 0 Å². The van der Waals surface area contributed by atoms with Gasteiger partial charge in [-0.1, -0.05) is 11.6 Å². The number of halogens is 4. The minimum Gasteiger partial charge on any atom is -0.350 e. The van der Waals surface area contributed by atoms with Gasteiger partial charge < -0.3 is 5.32 Å². The molecule has 0 aliphatic rings. The van der Waals surface area contributed by atoms with Gasteiger partial charge in [-0.2, -0.15) is 0 Å². The molecule has 0 unspecified atom stereocenters. The van der Waals surface area contributed by atoms with Gasteiger partial charge in [-0.3, -0.25) is 4.79 Å². The standard InChI is InChI=1S/C10H9Cl2F2NO3S/c1-4(2)15-10(16)5-3-6(13)8(14)9(7(5)11)19(12,17)18/h3-4H,1-2H3,(H,15,16). The minimum atomic E-state index is -4.63. The summed E-state index contributed by atoms with van der Waals surface area (Å²) in [6, 6.07) is 0.216. The average molecular weight is 332 g/mol. The van der Waals surface area contributed by atoms with Crippen molar-refractivity contribution in [3.63, 3.8) is 0 Å². The number of benzene rings is 1. The zero-order chi connectivity index (χ0) is 15.0. The lowest BCUT2D eigenvalue weighted by Gasteiger charge is -2.12. The summed E-state index contributed by atoms with van der Waals surface area (Å²) in [6.45, 7) is 3.26. The number of carbonyl (C=O) groups is 1. The molecule has 1 rings (SSSR count). The second kappa shape index (κ2) is 5.60. The molecule has 1 N–H and O–H groups in total. The van der Waals surface area contributed by atoms with Crippen LogP contribution < -0.4 is 5.32 Å². The highest BCUT2D eigenvalue weighted by Gasteiger charge is 2.28. The van der Waals surface area contributed by atoms with Gasteiger partial charge in [0.25, 0.3) is 15.0 Å². The molecule has 0 radical (unpaired) electrons. The molecule has 106 valence electrons. The number of hydrogen-bond donors (Lipinski definition) is 1. The number of rotatable bonds is 3. The molecular weight excluding hydrogens is 323 g/mol. The van der Waals surface area contributed by atoms with E-state index in [2.05, 4.69) is 5.32 Å². The zero-order valence-electron chi connectivity index (χ0n) is 9.80. The quantitative estimate of drug-likeness (QED) is 0.684. The number of hydrogen-bond acceptors (Lipinski definition) is 3. The fraction of sp³-hybridized carbons (Fsp3) is 0.300. The van der Waals surface area contributed by atoms with Crippen LogP contribution in [0.5, 0.6) is 0 Å². The highest BCUT2D eigenvalue weighted by Crippen LogP contribution is 2.32. The Balaban J connectivity index is 3.54. The molecule has 1 amide bonds. The molecule has 0 saturated carbocycles. The highest BCUT2D eigenvalue weighted by atomic mass is 35.7. The van der Waals surface area contributed by atoms with Crippen molar-refractivity contribution in [3.8, 4) is 0 Å². The third-order valence-electron chi connectivity index (χ3n) is 2.02. The Hall–Kier alpha value is -0.920. The summed E-state index contributed by atoms with van der Waals surface area (Å²) in [6.07, 6.45) is 0. The maximum absolute atomic E-state index is 13.4. The Bertz CT molecular complexity index is 632. The van der Waals surface area contributed by atoms with E-state index in [9.17, 15) is 22.0 Å². The van der Waals surface area contributed by atoms with E-state index in [0.29, 0.717) is 6.07 Å². The molecule has 0 aliphatic heterocycles. The SMILES string of the molecule is CC(C)NC(=O)c1cc(F)c(F)c(S(=O)(=O)Cl)c1Cl. The van der Waals surface area contributed by atoms with Crippen LogP contribution in [0.15, 0.2) is 11.0 Å². The van der Waals surface area contributed by atoms with Gasteiger partial charge in [0.2, 0.25) is 0 Å². The van der Waals surface area contributed by atoms with Crippen LogP contribution in [0.4, 0.5) is 8.78 Å². The van der Waals surface area contributed by atoms with E-state index in [1.54, 1.807) is 13.8 Å². The molecular formula is C10H9Cl2F2NO3S. The molecule has 0 aromatic heterocycles. The lowest BCUT2D eigenvalue weighted by molar-refractivity contribution is 0.0942. The van der Waals surface area contributed by atoms with Crippen molar-refractivity contribution >= 4 is 37.2 Å². The lowest BCUT2D eigenvalue weighted by Crippen LogP contribution is -2.30. The Kier molecular flexibility index (Phi) is 4.76. The summed E-state index contributed by atoms with van der Waals surface area (Å²) >= 11 is 5.62. The second-order valence-electron chi connectivity index (χ2n) is 3.93. The van der Waals surface area contributed by atoms with Gasteiger partial charge in [-0.05, 0) is 19.9 Å². The molecule has 0 atom stereocenters. The van der Waals surface area contributed by atoms with E-state index in [-0.39, 0.29) is 6.04 Å². The van der Waals surface area contributed by atoms with Gasteiger partial charge in [-0.25, -0.2) is 17.2 Å². The first kappa shape index (κ1) is 16.1. The molecule has 19 heavy (non-hydrogen) atoms. The Morgan fingerprint density at radius 2 is 1.89 bits per heavy atom. The van der Waals surface area contributed by atoms with Gasteiger partial charge in [0.1, 0.15) is 4.90 Å². The van der Waals surface area contributed by atoms with Crippen LogP contribution in [-0.4, -0.2) is 20.4 Å². The van der Waals surface area contributed by atoms with Crippen molar-refractivity contribution in [1.82, 2.24) is 5.32 Å². The summed E-state index contributed by atoms with van der Waals surface area (Å²) in [7, 11) is 0.347. The van der Waals surface area contributed by atoms with Crippen molar-refractivity contribution in [2.75, 3.05) is 0 Å². The van der Waals surface area contributed by atoms with E-state index >= 15 is 0 Å². The van der Waals surface area contributed by atoms with Crippen molar-refractivity contribution in [3.05, 3.63) is 28.3 Å². The molecule has 4 nitrogen and oxygen atoms in total. The zero-order valence-corrected chi connectivity index (χ0v) is 12.1. The Morgan fingerprint density at radius 3 is 2.32 bits per heavy atom. The van der Waals surface area contributed by atoms with Gasteiger partial charge in [-0.15, -0.1) is 0 Å². The van der Waals surface area contributed by atoms with E-state index in [4.69, 9.17) is 22.3 Å². The Labute approximate surface area is 118 Å². The fourth-order valence-corrected chi connectivity index (χ4v) is 3.02. The Morgan fingerprint density at radius 1 is 1.37 bits per heavy atom. The van der Waals surface area contributed by atoms with Crippen molar-refractivity contribution in [2.24, 2.45) is 0 Å². The van der Waals surface area contributed by atoms with Crippen molar-refractivity contribution in [2.45, 2.75) is 24.8 Å². The lowest BCUT2D eigenvalue weighted by atomic mass is 10.2. The molecule has 0 spiro atoms. The van der Waals surface area contributed by atoms with Gasteiger partial charge in [0.15, 0.2) is 11.6 Å². The van der Waals surface area contributed by atoms with Crippen LogP contribution in [0, 0.1) is 11.6 Å². The molecule has 9 heteroatoms. The summed E-state index contributed by atoms with van der Waals surface area (Å²) in [5.74, 6) is -4.08. The van der Waals surface area contributed by atoms with E-state index in [1.807, 2.05) is 0 Å². The van der Waals surface area contributed by atoms with Crippen LogP contribution in [0.25, 0.3) is 0 Å². The molecule has 0 saturated heterocycles. The van der Waals surface area contributed by atoms with Crippen LogP contribution in [0.1, 0.15) is 24.2 Å². The fourth-order valence-electron chi connectivity index (χ4n) is 1.30. The number of nitrogens with one attached hydrogen (secondary N) is 1. The van der Waals surface area contributed by atoms with Gasteiger partial charge in [0, 0.05) is 16.7 Å². The smallest absolute Gasteiger partial charge is 0.265 e. The number of carbonyl (C=O) groups excluding carboxylic acids is 1. The largest absolute Gasteiger partial charge is 0.350 e. The van der Waals surface area contributed by atoms with E-state index in [1.165, 1.54) is 0 Å². The molecule has 0 heterocycles. The normalized spacial score (nSPS) is 11.7. The average Bonchev–Trinajstić information content (AvgIpc) is 2.20. The minimum absolute atomic E-state index is 0.298. The second-order valence-corrected chi connectivity index (χ2v) is 6.81. The van der Waals surface area contributed by atoms with E-state index < -0.39 is 42.1 Å². The third-order valence-corrected chi connectivity index (χ3v) is 3.86. The molecule has 0 aliphatic carbocycles. The number of amides is 1. The van der Waals surface area contributed by atoms with Crippen LogP contribution in [0.3, 0.4) is 0 Å². The van der Waals surface area contributed by atoms with Crippen molar-refractivity contribution < 1.29 is 22.0 Å². The summed E-state index contributed by atoms with van der Waals surface area (Å²) in [5, 5.41) is 1.62. The topological polar surface area (TPSA) is 63.2 Å². The summed E-state index contributed by atoms with van der Waals surface area (Å²) in [4.78, 5) is 10.5. The predicted molar refractivity (Wildman–Crippen MR) is 67.0 cm³/mol. The first-order chi connectivity index (χ1) is 8.55. The monoisotopic (exact) mass is 331 g/mol. The molecule has 0 fully saturated rings.